The molecule has 0 aliphatic carbocycles. The van der Waals surface area contributed by atoms with Crippen molar-refractivity contribution in [2.75, 3.05) is 6.54 Å². The first kappa shape index (κ1) is 15.8. The summed E-state index contributed by atoms with van der Waals surface area (Å²) in [5.74, 6) is 0. The molecule has 1 N–H and O–H groups in total. The van der Waals surface area contributed by atoms with Gasteiger partial charge in [-0.25, -0.2) is 0 Å². The van der Waals surface area contributed by atoms with Gasteiger partial charge >= 0.3 is 0 Å². The van der Waals surface area contributed by atoms with Gasteiger partial charge in [0, 0.05) is 14.5 Å². The lowest BCUT2D eigenvalue weighted by atomic mass is 9.97. The van der Waals surface area contributed by atoms with Crippen molar-refractivity contribution in [3.63, 3.8) is 0 Å². The molecule has 0 amide bonds. The summed E-state index contributed by atoms with van der Waals surface area (Å²) >= 11 is 16.0. The molecule has 0 bridgehead atoms. The molecule has 0 aromatic heterocycles. The van der Waals surface area contributed by atoms with Crippen LogP contribution in [0.25, 0.3) is 0 Å². The van der Waals surface area contributed by atoms with E-state index < -0.39 is 0 Å². The molecule has 1 nitrogen and oxygen atoms in total. The van der Waals surface area contributed by atoms with Crippen LogP contribution in [-0.4, -0.2) is 6.54 Å². The molecule has 2 aromatic carbocycles. The van der Waals surface area contributed by atoms with Crippen molar-refractivity contribution in [1.29, 1.82) is 0 Å². The maximum atomic E-state index is 6.35. The molecular formula is C16H16BrCl2N. The fourth-order valence-electron chi connectivity index (χ4n) is 2.19. The van der Waals surface area contributed by atoms with Crippen molar-refractivity contribution in [1.82, 2.24) is 5.32 Å². The summed E-state index contributed by atoms with van der Waals surface area (Å²) in [7, 11) is 0. The highest BCUT2D eigenvalue weighted by atomic mass is 79.9. The summed E-state index contributed by atoms with van der Waals surface area (Å²) in [5.41, 5.74) is 3.42. The van der Waals surface area contributed by atoms with Crippen molar-refractivity contribution in [2.45, 2.75) is 19.9 Å². The lowest BCUT2D eigenvalue weighted by Crippen LogP contribution is -2.22. The number of rotatable bonds is 4. The molecule has 0 spiro atoms. The third kappa shape index (κ3) is 3.56. The summed E-state index contributed by atoms with van der Waals surface area (Å²) in [6.07, 6.45) is 0. The van der Waals surface area contributed by atoms with E-state index in [1.165, 1.54) is 11.1 Å². The van der Waals surface area contributed by atoms with Crippen LogP contribution in [0.4, 0.5) is 0 Å². The van der Waals surface area contributed by atoms with Gasteiger partial charge < -0.3 is 5.32 Å². The van der Waals surface area contributed by atoms with E-state index in [2.05, 4.69) is 53.3 Å². The van der Waals surface area contributed by atoms with E-state index in [0.29, 0.717) is 10.0 Å². The Morgan fingerprint density at radius 2 is 1.80 bits per heavy atom. The van der Waals surface area contributed by atoms with Crippen LogP contribution < -0.4 is 5.32 Å². The van der Waals surface area contributed by atoms with E-state index in [1.54, 1.807) is 6.07 Å². The molecule has 0 fully saturated rings. The number of benzene rings is 2. The Morgan fingerprint density at radius 3 is 2.40 bits per heavy atom. The van der Waals surface area contributed by atoms with Crippen molar-refractivity contribution in [3.05, 3.63) is 67.6 Å². The van der Waals surface area contributed by atoms with Crippen molar-refractivity contribution in [3.8, 4) is 0 Å². The molecule has 4 heteroatoms. The number of hydrogen-bond donors (Lipinski definition) is 1. The molecule has 0 aliphatic rings. The minimum absolute atomic E-state index is 0.0414. The molecule has 0 heterocycles. The maximum absolute atomic E-state index is 6.35. The molecule has 2 rings (SSSR count). The van der Waals surface area contributed by atoms with Gasteiger partial charge in [-0.1, -0.05) is 64.3 Å². The van der Waals surface area contributed by atoms with Crippen LogP contribution >= 0.6 is 39.1 Å². The van der Waals surface area contributed by atoms with E-state index in [1.807, 2.05) is 12.1 Å². The van der Waals surface area contributed by atoms with E-state index in [0.717, 1.165) is 16.6 Å². The Bertz CT molecular complexity index is 562. The Kier molecular flexibility index (Phi) is 5.50. The highest BCUT2D eigenvalue weighted by molar-refractivity contribution is 9.10. The van der Waals surface area contributed by atoms with Crippen LogP contribution in [0.5, 0.6) is 0 Å². The molecular weight excluding hydrogens is 357 g/mol. The molecule has 1 atom stereocenters. The van der Waals surface area contributed by atoms with Gasteiger partial charge in [0.15, 0.2) is 0 Å². The van der Waals surface area contributed by atoms with Gasteiger partial charge in [0.2, 0.25) is 0 Å². The van der Waals surface area contributed by atoms with Crippen LogP contribution in [0.15, 0.2) is 40.9 Å². The standard InChI is InChI=1S/C16H16BrCl2N/c1-3-20-16(12-6-4-10(2)8-14(12)17)13-7-5-11(18)9-15(13)19/h4-9,16,20H,3H2,1-2H3. The van der Waals surface area contributed by atoms with Crippen LogP contribution in [0, 0.1) is 6.92 Å². The zero-order valence-corrected chi connectivity index (χ0v) is 14.5. The maximum Gasteiger partial charge on any atom is 0.0602 e. The van der Waals surface area contributed by atoms with Crippen LogP contribution in [0.3, 0.4) is 0 Å². The summed E-state index contributed by atoms with van der Waals surface area (Å²) in [6, 6.07) is 12.0. The van der Waals surface area contributed by atoms with Crippen LogP contribution in [0.1, 0.15) is 29.7 Å². The number of nitrogens with one attached hydrogen (secondary N) is 1. The van der Waals surface area contributed by atoms with Crippen LogP contribution in [-0.2, 0) is 0 Å². The first-order valence-corrected chi connectivity index (χ1v) is 8.02. The van der Waals surface area contributed by atoms with Gasteiger partial charge in [-0.3, -0.25) is 0 Å². The molecule has 1 unspecified atom stereocenters. The highest BCUT2D eigenvalue weighted by Gasteiger charge is 2.18. The van der Waals surface area contributed by atoms with E-state index in [9.17, 15) is 0 Å². The monoisotopic (exact) mass is 371 g/mol. The van der Waals surface area contributed by atoms with Crippen LogP contribution in [0.2, 0.25) is 10.0 Å². The van der Waals surface area contributed by atoms with Gasteiger partial charge in [-0.15, -0.1) is 0 Å². The summed E-state index contributed by atoms with van der Waals surface area (Å²) in [4.78, 5) is 0. The Hall–Kier alpha value is -0.540. The quantitative estimate of drug-likeness (QED) is 0.718. The normalized spacial score (nSPS) is 12.4. The van der Waals surface area contributed by atoms with Crippen molar-refractivity contribution >= 4 is 39.1 Å². The van der Waals surface area contributed by atoms with E-state index in [4.69, 9.17) is 23.2 Å². The summed E-state index contributed by atoms with van der Waals surface area (Å²) in [5, 5.41) is 4.81. The zero-order chi connectivity index (χ0) is 14.7. The zero-order valence-electron chi connectivity index (χ0n) is 11.4. The Morgan fingerprint density at radius 1 is 1.10 bits per heavy atom. The molecule has 20 heavy (non-hydrogen) atoms. The average molecular weight is 373 g/mol. The second-order valence-corrected chi connectivity index (χ2v) is 6.38. The van der Waals surface area contributed by atoms with E-state index >= 15 is 0 Å². The lowest BCUT2D eigenvalue weighted by Gasteiger charge is -2.22. The summed E-state index contributed by atoms with van der Waals surface area (Å²) in [6.45, 7) is 5.01. The van der Waals surface area contributed by atoms with Gasteiger partial charge in [0.25, 0.3) is 0 Å². The minimum atomic E-state index is 0.0414. The van der Waals surface area contributed by atoms with Gasteiger partial charge in [-0.05, 0) is 48.4 Å². The second kappa shape index (κ2) is 6.95. The van der Waals surface area contributed by atoms with Gasteiger partial charge in [-0.2, -0.15) is 0 Å². The first-order chi connectivity index (χ1) is 9.52. The molecule has 0 aliphatic heterocycles. The second-order valence-electron chi connectivity index (χ2n) is 4.68. The third-order valence-electron chi connectivity index (χ3n) is 3.15. The predicted octanol–water partition coefficient (Wildman–Crippen LogP) is 5.76. The Labute approximate surface area is 138 Å². The number of halogens is 3. The fraction of sp³-hybridized carbons (Fsp3) is 0.250. The molecule has 0 radical (unpaired) electrons. The first-order valence-electron chi connectivity index (χ1n) is 6.47. The predicted molar refractivity (Wildman–Crippen MR) is 90.9 cm³/mol. The molecule has 0 saturated carbocycles. The largest absolute Gasteiger partial charge is 0.306 e. The number of aryl methyl sites for hydroxylation is 1. The summed E-state index contributed by atoms with van der Waals surface area (Å²) < 4.78 is 1.08. The van der Waals surface area contributed by atoms with Crippen molar-refractivity contribution < 1.29 is 0 Å². The SMILES string of the molecule is CCNC(c1ccc(Cl)cc1Cl)c1ccc(C)cc1Br. The molecule has 106 valence electrons. The van der Waals surface area contributed by atoms with Gasteiger partial charge in [0.1, 0.15) is 0 Å². The van der Waals surface area contributed by atoms with Crippen molar-refractivity contribution in [2.24, 2.45) is 0 Å². The van der Waals surface area contributed by atoms with E-state index in [-0.39, 0.29) is 6.04 Å². The average Bonchev–Trinajstić information content (AvgIpc) is 2.37. The third-order valence-corrected chi connectivity index (χ3v) is 4.40. The highest BCUT2D eigenvalue weighted by Crippen LogP contribution is 2.34. The lowest BCUT2D eigenvalue weighted by molar-refractivity contribution is 0.628. The van der Waals surface area contributed by atoms with Gasteiger partial charge in [0.05, 0.1) is 6.04 Å². The molecule has 2 aromatic rings. The topological polar surface area (TPSA) is 12.0 Å². The fourth-order valence-corrected chi connectivity index (χ4v) is 3.43. The molecule has 0 saturated heterocycles. The smallest absolute Gasteiger partial charge is 0.0602 e. The minimum Gasteiger partial charge on any atom is -0.306 e. The Balaban J connectivity index is 2.50. The number of hydrogen-bond acceptors (Lipinski definition) is 1.